The number of nitrogens with zero attached hydrogens (tertiary/aromatic N) is 1. The van der Waals surface area contributed by atoms with Crippen LogP contribution in [-0.2, 0) is 0 Å². The highest BCUT2D eigenvalue weighted by molar-refractivity contribution is 6.08. The van der Waals surface area contributed by atoms with Gasteiger partial charge in [0.05, 0.1) is 18.2 Å². The molecule has 0 aliphatic rings. The number of halogens is 1. The highest BCUT2D eigenvalue weighted by atomic mass is 19.1. The van der Waals surface area contributed by atoms with Gasteiger partial charge in [-0.25, -0.2) is 4.39 Å². The van der Waals surface area contributed by atoms with Crippen LogP contribution < -0.4 is 10.1 Å². The Hall–Kier alpha value is -2.89. The Labute approximate surface area is 119 Å². The van der Waals surface area contributed by atoms with Crippen LogP contribution in [-0.4, -0.2) is 23.2 Å². The van der Waals surface area contributed by atoms with E-state index >= 15 is 0 Å². The molecule has 1 aromatic heterocycles. The monoisotopic (exact) mass is 285 g/mol. The third-order valence-electron chi connectivity index (χ3n) is 3.12. The molecule has 21 heavy (non-hydrogen) atoms. The van der Waals surface area contributed by atoms with Crippen LogP contribution in [0, 0.1) is 5.82 Å². The largest absolute Gasteiger partial charge is 0.497 e. The average Bonchev–Trinajstić information content (AvgIpc) is 2.90. The van der Waals surface area contributed by atoms with Crippen LogP contribution in [0.15, 0.2) is 42.5 Å². The van der Waals surface area contributed by atoms with Crippen molar-refractivity contribution in [2.24, 2.45) is 0 Å². The molecule has 3 aromatic rings. The number of aromatic nitrogens is 2. The predicted molar refractivity (Wildman–Crippen MR) is 77.0 cm³/mol. The molecule has 0 radical (unpaired) electrons. The van der Waals surface area contributed by atoms with Gasteiger partial charge in [0.25, 0.3) is 5.91 Å². The lowest BCUT2D eigenvalue weighted by atomic mass is 10.2. The maximum Gasteiger partial charge on any atom is 0.259 e. The normalized spacial score (nSPS) is 10.6. The molecular formula is C15H12FN3O2. The molecule has 0 fully saturated rings. The quantitative estimate of drug-likeness (QED) is 0.777. The third-order valence-corrected chi connectivity index (χ3v) is 3.12. The van der Waals surface area contributed by atoms with Crippen LogP contribution in [0.3, 0.4) is 0 Å². The Bertz CT molecular complexity index is 814. The summed E-state index contributed by atoms with van der Waals surface area (Å²) in [6.45, 7) is 0. The molecule has 0 aliphatic heterocycles. The molecule has 106 valence electrons. The molecular weight excluding hydrogens is 273 g/mol. The molecule has 1 heterocycles. The second-order valence-electron chi connectivity index (χ2n) is 4.42. The van der Waals surface area contributed by atoms with Gasteiger partial charge in [-0.3, -0.25) is 9.89 Å². The fraction of sp³-hybridized carbons (Fsp3) is 0.0667. The van der Waals surface area contributed by atoms with Crippen molar-refractivity contribution in [1.29, 1.82) is 0 Å². The zero-order chi connectivity index (χ0) is 14.8. The third kappa shape index (κ3) is 2.43. The van der Waals surface area contributed by atoms with Crippen molar-refractivity contribution < 1.29 is 13.9 Å². The van der Waals surface area contributed by atoms with Gasteiger partial charge in [-0.2, -0.15) is 5.10 Å². The lowest BCUT2D eigenvalue weighted by molar-refractivity contribution is 0.102. The topological polar surface area (TPSA) is 67.0 Å². The molecule has 0 bridgehead atoms. The fourth-order valence-corrected chi connectivity index (χ4v) is 2.04. The molecule has 0 unspecified atom stereocenters. The number of H-pyrrole nitrogens is 1. The lowest BCUT2D eigenvalue weighted by Gasteiger charge is -2.04. The lowest BCUT2D eigenvalue weighted by Crippen LogP contribution is -2.14. The summed E-state index contributed by atoms with van der Waals surface area (Å²) in [6.07, 6.45) is 0. The van der Waals surface area contributed by atoms with Crippen molar-refractivity contribution in [2.45, 2.75) is 0 Å². The Morgan fingerprint density at radius 2 is 2.10 bits per heavy atom. The van der Waals surface area contributed by atoms with E-state index in [1.165, 1.54) is 18.2 Å². The molecule has 5 nitrogen and oxygen atoms in total. The molecule has 2 aromatic carbocycles. The van der Waals surface area contributed by atoms with Gasteiger partial charge in [-0.15, -0.1) is 0 Å². The predicted octanol–water partition coefficient (Wildman–Crippen LogP) is 2.96. The second kappa shape index (κ2) is 5.24. The highest BCUT2D eigenvalue weighted by Gasteiger charge is 2.14. The molecule has 0 aliphatic carbocycles. The number of carbonyl (C=O) groups excluding carboxylic acids is 1. The number of amides is 1. The van der Waals surface area contributed by atoms with Gasteiger partial charge in [-0.05, 0) is 30.3 Å². The van der Waals surface area contributed by atoms with E-state index in [1.54, 1.807) is 31.4 Å². The van der Waals surface area contributed by atoms with Crippen molar-refractivity contribution in [3.05, 3.63) is 53.8 Å². The minimum Gasteiger partial charge on any atom is -0.497 e. The molecule has 6 heteroatoms. The molecule has 0 saturated carbocycles. The number of benzene rings is 2. The molecule has 2 N–H and O–H groups in total. The number of anilines is 1. The van der Waals surface area contributed by atoms with E-state index in [0.717, 1.165) is 5.52 Å². The van der Waals surface area contributed by atoms with Gasteiger partial charge in [0.15, 0.2) is 5.82 Å². The van der Waals surface area contributed by atoms with Crippen molar-refractivity contribution >= 4 is 22.6 Å². The van der Waals surface area contributed by atoms with Gasteiger partial charge in [0.2, 0.25) is 0 Å². The van der Waals surface area contributed by atoms with Crippen LogP contribution >= 0.6 is 0 Å². The summed E-state index contributed by atoms with van der Waals surface area (Å²) >= 11 is 0. The molecule has 0 spiro atoms. The first kappa shape index (κ1) is 13.1. The minimum atomic E-state index is -0.576. The number of ether oxygens (including phenoxy) is 1. The van der Waals surface area contributed by atoms with Crippen molar-refractivity contribution in [1.82, 2.24) is 10.2 Å². The summed E-state index contributed by atoms with van der Waals surface area (Å²) in [5.74, 6) is -0.154. The van der Waals surface area contributed by atoms with Crippen LogP contribution in [0.5, 0.6) is 5.75 Å². The number of methoxy groups -OCH3 is 1. The molecule has 3 rings (SSSR count). The van der Waals surface area contributed by atoms with Crippen LogP contribution in [0.1, 0.15) is 10.4 Å². The highest BCUT2D eigenvalue weighted by Crippen LogP contribution is 2.25. The maximum atomic E-state index is 13.6. The van der Waals surface area contributed by atoms with Crippen LogP contribution in [0.2, 0.25) is 0 Å². The van der Waals surface area contributed by atoms with Crippen LogP contribution in [0.4, 0.5) is 10.2 Å². The van der Waals surface area contributed by atoms with E-state index in [1.807, 2.05) is 0 Å². The van der Waals surface area contributed by atoms with Crippen LogP contribution in [0.25, 0.3) is 10.9 Å². The Kier molecular flexibility index (Phi) is 3.27. The van der Waals surface area contributed by atoms with Gasteiger partial charge in [0.1, 0.15) is 11.6 Å². The molecule has 1 amide bonds. The zero-order valence-corrected chi connectivity index (χ0v) is 11.2. The number of hydrogen-bond donors (Lipinski definition) is 2. The van der Waals surface area contributed by atoms with Gasteiger partial charge >= 0.3 is 0 Å². The number of aromatic amines is 1. The second-order valence-corrected chi connectivity index (χ2v) is 4.42. The van der Waals surface area contributed by atoms with E-state index in [-0.39, 0.29) is 5.56 Å². The maximum absolute atomic E-state index is 13.6. The summed E-state index contributed by atoms with van der Waals surface area (Å²) < 4.78 is 18.7. The standard InChI is InChI=1S/C15H12FN3O2/c1-21-9-6-7-13-11(8-9)14(19-18-13)17-15(20)10-4-2-3-5-12(10)16/h2-8H,1H3,(H2,17,18,19,20). The number of nitrogens with one attached hydrogen (secondary N) is 2. The van der Waals surface area contributed by atoms with Gasteiger partial charge in [-0.1, -0.05) is 12.1 Å². The van der Waals surface area contributed by atoms with E-state index in [9.17, 15) is 9.18 Å². The van der Waals surface area contributed by atoms with Crippen molar-refractivity contribution in [2.75, 3.05) is 12.4 Å². The minimum absolute atomic E-state index is 0.0310. The van der Waals surface area contributed by atoms with Crippen molar-refractivity contribution in [3.8, 4) is 5.75 Å². The summed E-state index contributed by atoms with van der Waals surface area (Å²) in [5, 5.41) is 10.1. The van der Waals surface area contributed by atoms with E-state index in [4.69, 9.17) is 4.74 Å². The molecule has 0 atom stereocenters. The first-order valence-corrected chi connectivity index (χ1v) is 6.27. The Morgan fingerprint density at radius 1 is 1.29 bits per heavy atom. The fourth-order valence-electron chi connectivity index (χ4n) is 2.04. The smallest absolute Gasteiger partial charge is 0.259 e. The summed E-state index contributed by atoms with van der Waals surface area (Å²) in [4.78, 5) is 12.1. The van der Waals surface area contributed by atoms with Gasteiger partial charge in [0, 0.05) is 5.39 Å². The Morgan fingerprint density at radius 3 is 2.86 bits per heavy atom. The van der Waals surface area contributed by atoms with Crippen molar-refractivity contribution in [3.63, 3.8) is 0 Å². The number of hydrogen-bond acceptors (Lipinski definition) is 3. The summed E-state index contributed by atoms with van der Waals surface area (Å²) in [7, 11) is 1.55. The summed E-state index contributed by atoms with van der Waals surface area (Å²) in [6, 6.07) is 11.1. The van der Waals surface area contributed by atoms with E-state index in [2.05, 4.69) is 15.5 Å². The number of rotatable bonds is 3. The average molecular weight is 285 g/mol. The zero-order valence-electron chi connectivity index (χ0n) is 11.2. The number of carbonyl (C=O) groups is 1. The first-order valence-electron chi connectivity index (χ1n) is 6.27. The van der Waals surface area contributed by atoms with Gasteiger partial charge < -0.3 is 10.1 Å². The SMILES string of the molecule is COc1ccc2[nH]nc(NC(=O)c3ccccc3F)c2c1. The Balaban J connectivity index is 1.95. The molecule has 0 saturated heterocycles. The van der Waals surface area contributed by atoms with E-state index < -0.39 is 11.7 Å². The first-order chi connectivity index (χ1) is 10.2. The van der Waals surface area contributed by atoms with E-state index in [0.29, 0.717) is 17.0 Å². The summed E-state index contributed by atoms with van der Waals surface area (Å²) in [5.41, 5.74) is 0.719. The number of fused-ring (bicyclic) bond motifs is 1.